The Morgan fingerprint density at radius 3 is 2.54 bits per heavy atom. The van der Waals surface area contributed by atoms with Gasteiger partial charge < -0.3 is 10.6 Å². The lowest BCUT2D eigenvalue weighted by Crippen LogP contribution is -2.38. The zero-order valence-corrected chi connectivity index (χ0v) is 15.1. The van der Waals surface area contributed by atoms with Crippen LogP contribution in [-0.4, -0.2) is 38.9 Å². The summed E-state index contributed by atoms with van der Waals surface area (Å²) in [7, 11) is -3.70. The molecule has 138 valence electrons. The second-order valence-corrected chi connectivity index (χ2v) is 7.97. The zero-order valence-electron chi connectivity index (χ0n) is 14.3. The van der Waals surface area contributed by atoms with Gasteiger partial charge in [-0.1, -0.05) is 0 Å². The molecule has 1 aromatic heterocycles. The van der Waals surface area contributed by atoms with Crippen molar-refractivity contribution in [1.82, 2.24) is 15.6 Å². The van der Waals surface area contributed by atoms with Gasteiger partial charge in [-0.3, -0.25) is 14.5 Å². The average molecular weight is 374 g/mol. The number of amides is 1. The van der Waals surface area contributed by atoms with Crippen molar-refractivity contribution in [2.24, 2.45) is 5.92 Å². The van der Waals surface area contributed by atoms with Gasteiger partial charge in [0.2, 0.25) is 0 Å². The van der Waals surface area contributed by atoms with Crippen LogP contribution in [0.4, 0.5) is 5.69 Å². The number of carbonyl (C=O) groups excluding carboxylic acids is 1. The summed E-state index contributed by atoms with van der Waals surface area (Å²) in [5, 5.41) is 6.23. The number of hydrogen-bond acceptors (Lipinski definition) is 5. The molecule has 1 aromatic carbocycles. The fourth-order valence-electron chi connectivity index (χ4n) is 2.86. The van der Waals surface area contributed by atoms with Crippen LogP contribution >= 0.6 is 0 Å². The Morgan fingerprint density at radius 2 is 1.88 bits per heavy atom. The summed E-state index contributed by atoms with van der Waals surface area (Å²) in [6.07, 6.45) is 5.24. The Labute approximate surface area is 153 Å². The lowest BCUT2D eigenvalue weighted by molar-refractivity contribution is 0.0944. The standard InChI is InChI=1S/C18H22N4O3S/c23-18(21-13-14-2-1-9-20-12-14)15-3-5-17(6-4-15)26(24,25)22-16-7-10-19-11-8-16/h3-8,10-11,14,20H,1-2,9,12-13H2,(H,19,22)(H,21,23). The fraction of sp³-hybridized carbons (Fsp3) is 0.333. The van der Waals surface area contributed by atoms with E-state index >= 15 is 0 Å². The highest BCUT2D eigenvalue weighted by atomic mass is 32.2. The summed E-state index contributed by atoms with van der Waals surface area (Å²) >= 11 is 0. The van der Waals surface area contributed by atoms with Gasteiger partial charge in [0.15, 0.2) is 0 Å². The Kier molecular flexibility index (Phi) is 5.85. The highest BCUT2D eigenvalue weighted by Gasteiger charge is 2.17. The van der Waals surface area contributed by atoms with Gasteiger partial charge in [0.1, 0.15) is 0 Å². The Morgan fingerprint density at radius 1 is 1.15 bits per heavy atom. The van der Waals surface area contributed by atoms with Crippen molar-refractivity contribution in [1.29, 1.82) is 0 Å². The quantitative estimate of drug-likeness (QED) is 0.713. The molecule has 1 atom stereocenters. The normalized spacial score (nSPS) is 17.5. The van der Waals surface area contributed by atoms with Gasteiger partial charge in [0, 0.05) is 24.5 Å². The van der Waals surface area contributed by atoms with Crippen molar-refractivity contribution in [2.45, 2.75) is 17.7 Å². The first kappa shape index (κ1) is 18.3. The minimum Gasteiger partial charge on any atom is -0.352 e. The first-order chi connectivity index (χ1) is 12.5. The number of aromatic nitrogens is 1. The maximum atomic E-state index is 12.4. The number of nitrogens with one attached hydrogen (secondary N) is 3. The lowest BCUT2D eigenvalue weighted by Gasteiger charge is -2.22. The van der Waals surface area contributed by atoms with E-state index in [-0.39, 0.29) is 10.8 Å². The molecule has 0 spiro atoms. The molecular weight excluding hydrogens is 352 g/mol. The molecule has 8 heteroatoms. The second-order valence-electron chi connectivity index (χ2n) is 6.29. The first-order valence-electron chi connectivity index (χ1n) is 8.56. The molecule has 1 unspecified atom stereocenters. The van der Waals surface area contributed by atoms with Crippen LogP contribution in [0.2, 0.25) is 0 Å². The van der Waals surface area contributed by atoms with E-state index in [1.807, 2.05) is 0 Å². The summed E-state index contributed by atoms with van der Waals surface area (Å²) in [4.78, 5) is 16.2. The van der Waals surface area contributed by atoms with Crippen molar-refractivity contribution < 1.29 is 13.2 Å². The molecule has 1 saturated heterocycles. The van der Waals surface area contributed by atoms with Crippen LogP contribution in [0, 0.1) is 5.92 Å². The third kappa shape index (κ3) is 4.80. The Bertz CT molecular complexity index is 832. The van der Waals surface area contributed by atoms with Gasteiger partial charge in [-0.05, 0) is 68.2 Å². The Hall–Kier alpha value is -2.45. The zero-order chi connectivity index (χ0) is 18.4. The maximum absolute atomic E-state index is 12.4. The maximum Gasteiger partial charge on any atom is 0.261 e. The molecule has 26 heavy (non-hydrogen) atoms. The van der Waals surface area contributed by atoms with E-state index in [1.54, 1.807) is 12.1 Å². The van der Waals surface area contributed by atoms with Gasteiger partial charge >= 0.3 is 0 Å². The van der Waals surface area contributed by atoms with Crippen LogP contribution in [0.25, 0.3) is 0 Å². The third-order valence-corrected chi connectivity index (χ3v) is 5.71. The van der Waals surface area contributed by atoms with Crippen LogP contribution in [0.15, 0.2) is 53.7 Å². The average Bonchev–Trinajstić information content (AvgIpc) is 2.67. The van der Waals surface area contributed by atoms with Gasteiger partial charge in [0.05, 0.1) is 10.6 Å². The number of anilines is 1. The number of sulfonamides is 1. The number of pyridine rings is 1. The summed E-state index contributed by atoms with van der Waals surface area (Å²) in [5.41, 5.74) is 0.875. The van der Waals surface area contributed by atoms with Crippen LogP contribution in [-0.2, 0) is 10.0 Å². The van der Waals surface area contributed by atoms with E-state index < -0.39 is 10.0 Å². The van der Waals surface area contributed by atoms with E-state index in [0.29, 0.717) is 23.7 Å². The van der Waals surface area contributed by atoms with E-state index in [4.69, 9.17) is 0 Å². The monoisotopic (exact) mass is 374 g/mol. The van der Waals surface area contributed by atoms with Crippen LogP contribution in [0.3, 0.4) is 0 Å². The number of benzene rings is 1. The largest absolute Gasteiger partial charge is 0.352 e. The van der Waals surface area contributed by atoms with Crippen LogP contribution in [0.5, 0.6) is 0 Å². The molecule has 2 heterocycles. The number of piperidine rings is 1. The molecule has 0 aliphatic carbocycles. The summed E-state index contributed by atoms with van der Waals surface area (Å²) in [6.45, 7) is 2.57. The van der Waals surface area contributed by atoms with Gasteiger partial charge in [-0.25, -0.2) is 8.42 Å². The van der Waals surface area contributed by atoms with Crippen LogP contribution in [0.1, 0.15) is 23.2 Å². The molecule has 1 aliphatic rings. The predicted octanol–water partition coefficient (Wildman–Crippen LogP) is 1.61. The Balaban J connectivity index is 1.61. The topological polar surface area (TPSA) is 100 Å². The van der Waals surface area contributed by atoms with E-state index in [0.717, 1.165) is 25.9 Å². The molecular formula is C18H22N4O3S. The summed E-state index contributed by atoms with van der Waals surface area (Å²) in [5.74, 6) is 0.249. The molecule has 0 bridgehead atoms. The van der Waals surface area contributed by atoms with Crippen molar-refractivity contribution in [3.8, 4) is 0 Å². The third-order valence-electron chi connectivity index (χ3n) is 4.31. The summed E-state index contributed by atoms with van der Waals surface area (Å²) in [6, 6.07) is 9.05. The molecule has 0 radical (unpaired) electrons. The molecule has 2 aromatic rings. The summed E-state index contributed by atoms with van der Waals surface area (Å²) < 4.78 is 27.2. The van der Waals surface area contributed by atoms with Crippen molar-refractivity contribution >= 4 is 21.6 Å². The molecule has 1 fully saturated rings. The predicted molar refractivity (Wildman–Crippen MR) is 99.4 cm³/mol. The lowest BCUT2D eigenvalue weighted by atomic mass is 10.00. The molecule has 1 aliphatic heterocycles. The van der Waals surface area contributed by atoms with E-state index in [2.05, 4.69) is 20.3 Å². The SMILES string of the molecule is O=C(NCC1CCCNC1)c1ccc(S(=O)(=O)Nc2ccncc2)cc1. The highest BCUT2D eigenvalue weighted by Crippen LogP contribution is 2.16. The van der Waals surface area contributed by atoms with E-state index in [9.17, 15) is 13.2 Å². The molecule has 7 nitrogen and oxygen atoms in total. The number of rotatable bonds is 6. The molecule has 0 saturated carbocycles. The minimum atomic E-state index is -3.70. The number of nitrogens with zero attached hydrogens (tertiary/aromatic N) is 1. The highest BCUT2D eigenvalue weighted by molar-refractivity contribution is 7.92. The molecule has 1 amide bonds. The van der Waals surface area contributed by atoms with Gasteiger partial charge in [-0.15, -0.1) is 0 Å². The number of carbonyl (C=O) groups is 1. The minimum absolute atomic E-state index is 0.0994. The molecule has 3 rings (SSSR count). The van der Waals surface area contributed by atoms with Crippen molar-refractivity contribution in [2.75, 3.05) is 24.4 Å². The van der Waals surface area contributed by atoms with Gasteiger partial charge in [-0.2, -0.15) is 0 Å². The fourth-order valence-corrected chi connectivity index (χ4v) is 3.92. The second kappa shape index (κ2) is 8.29. The van der Waals surface area contributed by atoms with Crippen molar-refractivity contribution in [3.63, 3.8) is 0 Å². The molecule has 3 N–H and O–H groups in total. The number of hydrogen-bond donors (Lipinski definition) is 3. The first-order valence-corrected chi connectivity index (χ1v) is 10.0. The van der Waals surface area contributed by atoms with E-state index in [1.165, 1.54) is 36.7 Å². The van der Waals surface area contributed by atoms with Crippen LogP contribution < -0.4 is 15.4 Å². The van der Waals surface area contributed by atoms with Crippen molar-refractivity contribution in [3.05, 3.63) is 54.4 Å². The smallest absolute Gasteiger partial charge is 0.261 e. The van der Waals surface area contributed by atoms with Gasteiger partial charge in [0.25, 0.3) is 15.9 Å².